The highest BCUT2D eigenvalue weighted by Gasteiger charge is 2.28. The van der Waals surface area contributed by atoms with Crippen LogP contribution < -0.4 is 4.72 Å². The molecule has 19 heavy (non-hydrogen) atoms. The molecule has 1 aromatic carbocycles. The zero-order chi connectivity index (χ0) is 14.0. The van der Waals surface area contributed by atoms with E-state index in [4.69, 9.17) is 0 Å². The van der Waals surface area contributed by atoms with Crippen LogP contribution in [0.4, 0.5) is 4.39 Å². The molecule has 1 aromatic rings. The summed E-state index contributed by atoms with van der Waals surface area (Å²) in [5.74, 6) is -0.588. The molecule has 0 heterocycles. The maximum absolute atomic E-state index is 13.2. The average molecular weight is 287 g/mol. The number of hydrogen-bond donors (Lipinski definition) is 2. The molecular weight excluding hydrogens is 269 g/mol. The third-order valence-electron chi connectivity index (χ3n) is 3.48. The van der Waals surface area contributed by atoms with E-state index in [-0.39, 0.29) is 4.90 Å². The lowest BCUT2D eigenvalue weighted by Crippen LogP contribution is -2.45. The standard InChI is InChI=1S/C13H18FNO3S/c1-9-6-7-10(14)8-13(9)19(17,18)15-11-4-2-3-5-12(11)16/h6-8,11-12,15-16H,2-5H2,1H3/t11-,12-/m0/s1. The minimum absolute atomic E-state index is 0.0646. The van der Waals surface area contributed by atoms with Gasteiger partial charge in [0.1, 0.15) is 5.82 Å². The van der Waals surface area contributed by atoms with Gasteiger partial charge < -0.3 is 5.11 Å². The summed E-state index contributed by atoms with van der Waals surface area (Å²) in [6, 6.07) is 3.18. The Morgan fingerprint density at radius 3 is 2.68 bits per heavy atom. The number of nitrogens with one attached hydrogen (secondary N) is 1. The van der Waals surface area contributed by atoms with Gasteiger partial charge in [0.2, 0.25) is 10.0 Å². The molecule has 0 bridgehead atoms. The van der Waals surface area contributed by atoms with Crippen LogP contribution in [0.1, 0.15) is 31.2 Å². The molecule has 2 rings (SSSR count). The lowest BCUT2D eigenvalue weighted by Gasteiger charge is -2.28. The smallest absolute Gasteiger partial charge is 0.241 e. The maximum atomic E-state index is 13.2. The van der Waals surface area contributed by atoms with Crippen molar-refractivity contribution in [3.63, 3.8) is 0 Å². The fraction of sp³-hybridized carbons (Fsp3) is 0.538. The van der Waals surface area contributed by atoms with Crippen molar-refractivity contribution in [3.8, 4) is 0 Å². The molecule has 1 saturated carbocycles. The number of hydrogen-bond acceptors (Lipinski definition) is 3. The number of halogens is 1. The van der Waals surface area contributed by atoms with E-state index in [1.807, 2.05) is 0 Å². The molecule has 0 aromatic heterocycles. The monoisotopic (exact) mass is 287 g/mol. The van der Waals surface area contributed by atoms with E-state index in [0.717, 1.165) is 18.9 Å². The topological polar surface area (TPSA) is 66.4 Å². The summed E-state index contributed by atoms with van der Waals surface area (Å²) in [5.41, 5.74) is 0.485. The first-order valence-electron chi connectivity index (χ1n) is 6.37. The van der Waals surface area contributed by atoms with Crippen LogP contribution in [0.25, 0.3) is 0 Å². The molecule has 106 valence electrons. The molecule has 1 aliphatic rings. The fourth-order valence-electron chi connectivity index (χ4n) is 2.37. The van der Waals surface area contributed by atoms with Gasteiger partial charge in [0, 0.05) is 6.04 Å². The van der Waals surface area contributed by atoms with Crippen LogP contribution in [0, 0.1) is 12.7 Å². The van der Waals surface area contributed by atoms with Crippen molar-refractivity contribution < 1.29 is 17.9 Å². The van der Waals surface area contributed by atoms with Gasteiger partial charge in [-0.05, 0) is 37.5 Å². The summed E-state index contributed by atoms with van der Waals surface area (Å²) < 4.78 is 40.1. The molecule has 6 heteroatoms. The van der Waals surface area contributed by atoms with E-state index in [1.165, 1.54) is 12.1 Å². The number of aliphatic hydroxyl groups excluding tert-OH is 1. The number of benzene rings is 1. The zero-order valence-corrected chi connectivity index (χ0v) is 11.6. The molecule has 2 atom stereocenters. The van der Waals surface area contributed by atoms with E-state index in [1.54, 1.807) is 6.92 Å². The highest BCUT2D eigenvalue weighted by Crippen LogP contribution is 2.22. The summed E-state index contributed by atoms with van der Waals surface area (Å²) in [4.78, 5) is -0.0646. The Bertz CT molecular complexity index is 559. The number of aliphatic hydroxyl groups is 1. The predicted octanol–water partition coefficient (Wildman–Crippen LogP) is 1.72. The van der Waals surface area contributed by atoms with E-state index in [2.05, 4.69) is 4.72 Å². The van der Waals surface area contributed by atoms with Crippen LogP contribution in [0.15, 0.2) is 23.1 Å². The SMILES string of the molecule is Cc1ccc(F)cc1S(=O)(=O)N[C@H]1CCCC[C@@H]1O. The highest BCUT2D eigenvalue weighted by molar-refractivity contribution is 7.89. The Hall–Kier alpha value is -0.980. The lowest BCUT2D eigenvalue weighted by molar-refractivity contribution is 0.101. The van der Waals surface area contributed by atoms with Crippen molar-refractivity contribution in [1.82, 2.24) is 4.72 Å². The van der Waals surface area contributed by atoms with Gasteiger partial charge in [0.25, 0.3) is 0 Å². The third kappa shape index (κ3) is 3.32. The normalized spacial score (nSPS) is 24.4. The van der Waals surface area contributed by atoms with Crippen molar-refractivity contribution in [3.05, 3.63) is 29.6 Å². The quantitative estimate of drug-likeness (QED) is 0.889. The van der Waals surface area contributed by atoms with Crippen LogP contribution in [0.2, 0.25) is 0 Å². The second-order valence-electron chi connectivity index (χ2n) is 4.99. The average Bonchev–Trinajstić information content (AvgIpc) is 2.35. The fourth-order valence-corrected chi connectivity index (χ4v) is 3.94. The van der Waals surface area contributed by atoms with Gasteiger partial charge in [-0.25, -0.2) is 17.5 Å². The summed E-state index contributed by atoms with van der Waals surface area (Å²) in [6.45, 7) is 1.62. The van der Waals surface area contributed by atoms with Crippen molar-refractivity contribution in [1.29, 1.82) is 0 Å². The molecule has 0 spiro atoms. The third-order valence-corrected chi connectivity index (χ3v) is 5.11. The summed E-state index contributed by atoms with van der Waals surface area (Å²) in [7, 11) is -3.80. The van der Waals surface area contributed by atoms with Gasteiger partial charge in [0.05, 0.1) is 11.0 Å². The first-order chi connectivity index (χ1) is 8.90. The summed E-state index contributed by atoms with van der Waals surface area (Å²) in [6.07, 6.45) is 2.31. The van der Waals surface area contributed by atoms with E-state index >= 15 is 0 Å². The zero-order valence-electron chi connectivity index (χ0n) is 10.8. The molecule has 0 saturated heterocycles. The van der Waals surface area contributed by atoms with Gasteiger partial charge in [-0.2, -0.15) is 0 Å². The van der Waals surface area contributed by atoms with E-state index in [9.17, 15) is 17.9 Å². The lowest BCUT2D eigenvalue weighted by atomic mass is 9.93. The minimum atomic E-state index is -3.80. The molecule has 1 aliphatic carbocycles. The Balaban J connectivity index is 2.24. The molecular formula is C13H18FNO3S. The molecule has 4 nitrogen and oxygen atoms in total. The predicted molar refractivity (Wildman–Crippen MR) is 69.7 cm³/mol. The van der Waals surface area contributed by atoms with Crippen LogP contribution >= 0.6 is 0 Å². The largest absolute Gasteiger partial charge is 0.391 e. The highest BCUT2D eigenvalue weighted by atomic mass is 32.2. The van der Waals surface area contributed by atoms with Crippen LogP contribution in [-0.4, -0.2) is 25.7 Å². The van der Waals surface area contributed by atoms with Crippen molar-refractivity contribution in [2.75, 3.05) is 0 Å². The molecule has 0 amide bonds. The first-order valence-corrected chi connectivity index (χ1v) is 7.85. The van der Waals surface area contributed by atoms with Crippen LogP contribution in [-0.2, 0) is 10.0 Å². The van der Waals surface area contributed by atoms with Gasteiger partial charge >= 0.3 is 0 Å². The second-order valence-corrected chi connectivity index (χ2v) is 6.67. The Kier molecular flexibility index (Phi) is 4.23. The summed E-state index contributed by atoms with van der Waals surface area (Å²) in [5, 5.41) is 9.80. The van der Waals surface area contributed by atoms with Crippen LogP contribution in [0.3, 0.4) is 0 Å². The molecule has 1 fully saturated rings. The van der Waals surface area contributed by atoms with E-state index < -0.39 is 28.0 Å². The Morgan fingerprint density at radius 1 is 1.32 bits per heavy atom. The minimum Gasteiger partial charge on any atom is -0.391 e. The van der Waals surface area contributed by atoms with Crippen molar-refractivity contribution in [2.24, 2.45) is 0 Å². The second kappa shape index (κ2) is 5.56. The van der Waals surface area contributed by atoms with Gasteiger partial charge in [0.15, 0.2) is 0 Å². The van der Waals surface area contributed by atoms with E-state index in [0.29, 0.717) is 18.4 Å². The van der Waals surface area contributed by atoms with Crippen molar-refractivity contribution >= 4 is 10.0 Å². The number of sulfonamides is 1. The molecule has 2 N–H and O–H groups in total. The first kappa shape index (κ1) is 14.4. The van der Waals surface area contributed by atoms with Crippen molar-refractivity contribution in [2.45, 2.75) is 49.6 Å². The Morgan fingerprint density at radius 2 is 2.00 bits per heavy atom. The van der Waals surface area contributed by atoms with Gasteiger partial charge in [-0.1, -0.05) is 18.9 Å². The maximum Gasteiger partial charge on any atom is 0.241 e. The molecule has 0 radical (unpaired) electrons. The molecule has 0 unspecified atom stereocenters. The van der Waals surface area contributed by atoms with Crippen LogP contribution in [0.5, 0.6) is 0 Å². The number of aryl methyl sites for hydroxylation is 1. The van der Waals surface area contributed by atoms with Gasteiger partial charge in [-0.15, -0.1) is 0 Å². The molecule has 0 aliphatic heterocycles. The number of rotatable bonds is 3. The Labute approximate surface area is 112 Å². The van der Waals surface area contributed by atoms with Gasteiger partial charge in [-0.3, -0.25) is 0 Å². The summed E-state index contributed by atoms with van der Waals surface area (Å²) >= 11 is 0.